The predicted molar refractivity (Wildman–Crippen MR) is 73.1 cm³/mol. The molecule has 2 heterocycles. The Hall–Kier alpha value is -2.23. The van der Waals surface area contributed by atoms with Crippen LogP contribution in [-0.2, 0) is 11.2 Å². The van der Waals surface area contributed by atoms with Gasteiger partial charge in [-0.1, -0.05) is 17.7 Å². The third kappa shape index (κ3) is 1.99. The molecule has 0 fully saturated rings. The summed E-state index contributed by atoms with van der Waals surface area (Å²) in [5.74, 6) is -0.0112. The van der Waals surface area contributed by atoms with E-state index in [1.54, 1.807) is 11.1 Å². The van der Waals surface area contributed by atoms with Crippen molar-refractivity contribution in [2.24, 2.45) is 0 Å². The summed E-state index contributed by atoms with van der Waals surface area (Å²) in [5.41, 5.74) is 4.12. The van der Waals surface area contributed by atoms with Crippen molar-refractivity contribution >= 4 is 11.6 Å². The highest BCUT2D eigenvalue weighted by Crippen LogP contribution is 2.38. The van der Waals surface area contributed by atoms with Gasteiger partial charge in [-0.3, -0.25) is 4.79 Å². The normalized spacial score (nSPS) is 17.7. The van der Waals surface area contributed by atoms with Crippen molar-refractivity contribution in [2.45, 2.75) is 19.3 Å². The number of aryl methyl sites for hydroxylation is 1. The molecule has 0 saturated carbocycles. The van der Waals surface area contributed by atoms with Gasteiger partial charge in [-0.25, -0.2) is 0 Å². The van der Waals surface area contributed by atoms with Gasteiger partial charge in [-0.2, -0.15) is 10.2 Å². The van der Waals surface area contributed by atoms with Crippen LogP contribution in [0.3, 0.4) is 0 Å². The van der Waals surface area contributed by atoms with Gasteiger partial charge in [0.05, 0.1) is 11.6 Å². The fourth-order valence-corrected chi connectivity index (χ4v) is 2.59. The minimum absolute atomic E-state index is 0.131. The second-order valence-corrected chi connectivity index (χ2v) is 4.93. The first-order valence-electron chi connectivity index (χ1n) is 6.31. The molecular weight excluding hydrogens is 238 g/mol. The van der Waals surface area contributed by atoms with Gasteiger partial charge in [-0.05, 0) is 30.7 Å². The van der Waals surface area contributed by atoms with Crippen LogP contribution >= 0.6 is 0 Å². The monoisotopic (exact) mass is 253 g/mol. The molecule has 1 aliphatic rings. The number of carbonyl (C=O) groups is 1. The maximum atomic E-state index is 12.4. The maximum Gasteiger partial charge on any atom is 0.234 e. The van der Waals surface area contributed by atoms with Crippen LogP contribution in [0.2, 0.25) is 0 Å². The molecular formula is C15H15N3O. The fourth-order valence-electron chi connectivity index (χ4n) is 2.59. The van der Waals surface area contributed by atoms with Gasteiger partial charge in [0.2, 0.25) is 5.91 Å². The lowest BCUT2D eigenvalue weighted by molar-refractivity contribution is -0.119. The summed E-state index contributed by atoms with van der Waals surface area (Å²) in [7, 11) is 1.83. The Labute approximate surface area is 112 Å². The molecule has 96 valence electrons. The quantitative estimate of drug-likeness (QED) is 0.823. The molecule has 1 atom stereocenters. The van der Waals surface area contributed by atoms with Crippen LogP contribution < -0.4 is 4.90 Å². The predicted octanol–water partition coefficient (Wildman–Crippen LogP) is 2.09. The molecule has 1 aromatic heterocycles. The Morgan fingerprint density at radius 2 is 2.16 bits per heavy atom. The van der Waals surface area contributed by atoms with E-state index in [2.05, 4.69) is 16.3 Å². The summed E-state index contributed by atoms with van der Waals surface area (Å²) < 4.78 is 0. The number of amides is 1. The average Bonchev–Trinajstić information content (AvgIpc) is 2.65. The standard InChI is InChI=1S/C15H15N3O/c1-10-5-6-14-12(8-10)13(15(19)18(14)2)9-11-4-3-7-16-17-11/h3-8,13H,9H2,1-2H3. The number of hydrogen-bond acceptors (Lipinski definition) is 3. The highest BCUT2D eigenvalue weighted by Gasteiger charge is 2.35. The van der Waals surface area contributed by atoms with Crippen LogP contribution in [0.1, 0.15) is 22.7 Å². The Bertz CT molecular complexity index is 625. The lowest BCUT2D eigenvalue weighted by Gasteiger charge is -2.10. The highest BCUT2D eigenvalue weighted by atomic mass is 16.2. The Kier molecular flexibility index (Phi) is 2.78. The zero-order valence-electron chi connectivity index (χ0n) is 11.0. The molecule has 19 heavy (non-hydrogen) atoms. The highest BCUT2D eigenvalue weighted by molar-refractivity contribution is 6.04. The van der Waals surface area contributed by atoms with Crippen molar-refractivity contribution in [1.82, 2.24) is 10.2 Å². The minimum Gasteiger partial charge on any atom is -0.315 e. The van der Waals surface area contributed by atoms with Crippen molar-refractivity contribution in [3.8, 4) is 0 Å². The Morgan fingerprint density at radius 3 is 2.89 bits per heavy atom. The SMILES string of the molecule is Cc1ccc2c(c1)C(Cc1cccnn1)C(=O)N2C. The summed E-state index contributed by atoms with van der Waals surface area (Å²) in [6.07, 6.45) is 2.25. The lowest BCUT2D eigenvalue weighted by Crippen LogP contribution is -2.25. The van der Waals surface area contributed by atoms with Crippen LogP contribution in [0.4, 0.5) is 5.69 Å². The van der Waals surface area contributed by atoms with Crippen molar-refractivity contribution < 1.29 is 4.79 Å². The fraction of sp³-hybridized carbons (Fsp3) is 0.267. The van der Waals surface area contributed by atoms with Crippen LogP contribution in [-0.4, -0.2) is 23.2 Å². The first kappa shape index (κ1) is 11.8. The Balaban J connectivity index is 1.99. The molecule has 1 aliphatic heterocycles. The van der Waals surface area contributed by atoms with Gasteiger partial charge in [0.1, 0.15) is 0 Å². The third-order valence-electron chi connectivity index (χ3n) is 3.59. The number of nitrogens with zero attached hydrogens (tertiary/aromatic N) is 3. The molecule has 4 nitrogen and oxygen atoms in total. The lowest BCUT2D eigenvalue weighted by atomic mass is 9.94. The van der Waals surface area contributed by atoms with Crippen molar-refractivity contribution in [3.63, 3.8) is 0 Å². The number of hydrogen-bond donors (Lipinski definition) is 0. The molecule has 1 unspecified atom stereocenters. The van der Waals surface area contributed by atoms with E-state index in [0.29, 0.717) is 6.42 Å². The van der Waals surface area contributed by atoms with E-state index in [0.717, 1.165) is 16.9 Å². The summed E-state index contributed by atoms with van der Waals surface area (Å²) in [5, 5.41) is 7.95. The van der Waals surface area contributed by atoms with Gasteiger partial charge >= 0.3 is 0 Å². The van der Waals surface area contributed by atoms with E-state index in [-0.39, 0.29) is 11.8 Å². The first-order chi connectivity index (χ1) is 9.16. The van der Waals surface area contributed by atoms with Crippen LogP contribution in [0.25, 0.3) is 0 Å². The molecule has 4 heteroatoms. The number of benzene rings is 1. The number of aromatic nitrogens is 2. The second-order valence-electron chi connectivity index (χ2n) is 4.93. The van der Waals surface area contributed by atoms with Gasteiger partial charge in [0, 0.05) is 25.4 Å². The van der Waals surface area contributed by atoms with E-state index >= 15 is 0 Å². The van der Waals surface area contributed by atoms with Gasteiger partial charge in [-0.15, -0.1) is 0 Å². The molecule has 1 aromatic carbocycles. The first-order valence-corrected chi connectivity index (χ1v) is 6.31. The summed E-state index contributed by atoms with van der Waals surface area (Å²) in [6.45, 7) is 2.04. The zero-order chi connectivity index (χ0) is 13.4. The van der Waals surface area contributed by atoms with E-state index in [9.17, 15) is 4.79 Å². The van der Waals surface area contributed by atoms with Gasteiger partial charge < -0.3 is 4.90 Å². The number of anilines is 1. The summed E-state index contributed by atoms with van der Waals surface area (Å²) >= 11 is 0. The van der Waals surface area contributed by atoms with E-state index in [1.165, 1.54) is 5.56 Å². The molecule has 1 amide bonds. The number of likely N-dealkylation sites (N-methyl/N-ethyl adjacent to an activating group) is 1. The van der Waals surface area contributed by atoms with Crippen LogP contribution in [0.15, 0.2) is 36.5 Å². The van der Waals surface area contributed by atoms with Crippen molar-refractivity contribution in [2.75, 3.05) is 11.9 Å². The molecule has 0 N–H and O–H groups in total. The number of rotatable bonds is 2. The molecule has 0 aliphatic carbocycles. The molecule has 0 spiro atoms. The minimum atomic E-state index is -0.142. The van der Waals surface area contributed by atoms with E-state index in [1.807, 2.05) is 38.2 Å². The topological polar surface area (TPSA) is 46.1 Å². The second kappa shape index (κ2) is 4.46. The van der Waals surface area contributed by atoms with E-state index in [4.69, 9.17) is 0 Å². The largest absolute Gasteiger partial charge is 0.315 e. The van der Waals surface area contributed by atoms with Crippen LogP contribution in [0, 0.1) is 6.92 Å². The summed E-state index contributed by atoms with van der Waals surface area (Å²) in [4.78, 5) is 14.1. The van der Waals surface area contributed by atoms with Crippen molar-refractivity contribution in [3.05, 3.63) is 53.3 Å². The molecule has 2 aromatic rings. The smallest absolute Gasteiger partial charge is 0.234 e. The average molecular weight is 253 g/mol. The third-order valence-corrected chi connectivity index (χ3v) is 3.59. The molecule has 0 saturated heterocycles. The molecule has 3 rings (SSSR count). The maximum absolute atomic E-state index is 12.4. The van der Waals surface area contributed by atoms with Crippen molar-refractivity contribution in [1.29, 1.82) is 0 Å². The van der Waals surface area contributed by atoms with Gasteiger partial charge in [0.15, 0.2) is 0 Å². The van der Waals surface area contributed by atoms with Crippen LogP contribution in [0.5, 0.6) is 0 Å². The number of fused-ring (bicyclic) bond motifs is 1. The molecule has 0 bridgehead atoms. The molecule has 0 radical (unpaired) electrons. The summed E-state index contributed by atoms with van der Waals surface area (Å²) in [6, 6.07) is 9.90. The zero-order valence-corrected chi connectivity index (χ0v) is 11.0. The van der Waals surface area contributed by atoms with E-state index < -0.39 is 0 Å². The number of carbonyl (C=O) groups excluding carboxylic acids is 1. The van der Waals surface area contributed by atoms with Gasteiger partial charge in [0.25, 0.3) is 0 Å². The Morgan fingerprint density at radius 1 is 1.32 bits per heavy atom.